The lowest BCUT2D eigenvalue weighted by Crippen LogP contribution is -2.38. The zero-order valence-electron chi connectivity index (χ0n) is 17.8. The highest BCUT2D eigenvalue weighted by atomic mass is 16.7. The van der Waals surface area contributed by atoms with Gasteiger partial charge in [0.2, 0.25) is 5.56 Å². The number of rotatable bonds is 6. The van der Waals surface area contributed by atoms with E-state index in [-0.39, 0.29) is 11.7 Å². The molecule has 5 nitrogen and oxygen atoms in total. The fraction of sp³-hybridized carbons (Fsp3) is 0.400. The molecule has 158 valence electrons. The second-order valence-electron chi connectivity index (χ2n) is 8.11. The van der Waals surface area contributed by atoms with E-state index < -0.39 is 5.79 Å². The average Bonchev–Trinajstić information content (AvgIpc) is 2.78. The van der Waals surface area contributed by atoms with Gasteiger partial charge in [-0.25, -0.2) is 0 Å². The molecule has 0 aliphatic heterocycles. The van der Waals surface area contributed by atoms with Crippen LogP contribution in [0.15, 0.2) is 59.4 Å². The first-order valence-corrected chi connectivity index (χ1v) is 10.5. The SMILES string of the molecule is COC1(OC)CCCC(c2cccc(OC(C)c3ccc4[nH]c(=O)ccc4c3)c2)C1. The summed E-state index contributed by atoms with van der Waals surface area (Å²) in [6, 6.07) is 17.7. The maximum Gasteiger partial charge on any atom is 0.248 e. The van der Waals surface area contributed by atoms with E-state index >= 15 is 0 Å². The third-order valence-electron chi connectivity index (χ3n) is 6.27. The van der Waals surface area contributed by atoms with Crippen LogP contribution in [0.2, 0.25) is 0 Å². The van der Waals surface area contributed by atoms with Crippen molar-refractivity contribution in [1.82, 2.24) is 4.98 Å². The van der Waals surface area contributed by atoms with Crippen molar-refractivity contribution in [3.8, 4) is 5.75 Å². The standard InChI is InChI=1S/C25H29NO4/c1-17(18-9-11-23-20(14-18)10-12-24(27)26-23)30-22-8-4-6-19(15-22)21-7-5-13-25(16-21,28-2)29-3/h4,6,8-12,14-15,17,21H,5,7,13,16H2,1-3H3,(H,26,27). The molecule has 1 saturated carbocycles. The number of methoxy groups -OCH3 is 2. The molecule has 1 fully saturated rings. The Kier molecular flexibility index (Phi) is 5.93. The Hall–Kier alpha value is -2.63. The first-order chi connectivity index (χ1) is 14.5. The van der Waals surface area contributed by atoms with E-state index in [4.69, 9.17) is 14.2 Å². The van der Waals surface area contributed by atoms with Crippen molar-refractivity contribution in [3.63, 3.8) is 0 Å². The summed E-state index contributed by atoms with van der Waals surface area (Å²) in [4.78, 5) is 14.3. The second kappa shape index (κ2) is 8.62. The molecular formula is C25H29NO4. The Morgan fingerprint density at radius 1 is 1.07 bits per heavy atom. The van der Waals surface area contributed by atoms with Crippen LogP contribution in [0, 0.1) is 0 Å². The summed E-state index contributed by atoms with van der Waals surface area (Å²) in [5.74, 6) is 0.752. The zero-order chi connectivity index (χ0) is 21.1. The quantitative estimate of drug-likeness (QED) is 0.562. The van der Waals surface area contributed by atoms with Gasteiger partial charge in [0.25, 0.3) is 0 Å². The molecule has 1 aliphatic rings. The van der Waals surface area contributed by atoms with E-state index in [9.17, 15) is 4.79 Å². The van der Waals surface area contributed by atoms with Gasteiger partial charge in [0.1, 0.15) is 11.9 Å². The molecular weight excluding hydrogens is 378 g/mol. The summed E-state index contributed by atoms with van der Waals surface area (Å²) < 4.78 is 17.7. The van der Waals surface area contributed by atoms with Crippen LogP contribution >= 0.6 is 0 Å². The fourth-order valence-electron chi connectivity index (χ4n) is 4.48. The van der Waals surface area contributed by atoms with E-state index in [1.165, 1.54) is 5.56 Å². The van der Waals surface area contributed by atoms with E-state index in [0.717, 1.165) is 47.9 Å². The minimum atomic E-state index is -0.487. The predicted octanol–water partition coefficient (Wildman–Crippen LogP) is 5.31. The summed E-state index contributed by atoms with van der Waals surface area (Å²) in [6.45, 7) is 2.04. The van der Waals surface area contributed by atoms with E-state index in [1.807, 2.05) is 31.2 Å². The van der Waals surface area contributed by atoms with Crippen LogP contribution in [0.1, 0.15) is 55.8 Å². The first kappa shape index (κ1) is 20.6. The van der Waals surface area contributed by atoms with Gasteiger partial charge in [0.05, 0.1) is 0 Å². The summed E-state index contributed by atoms with van der Waals surface area (Å²) >= 11 is 0. The van der Waals surface area contributed by atoms with Gasteiger partial charge in [-0.3, -0.25) is 4.79 Å². The van der Waals surface area contributed by atoms with Crippen LogP contribution in [-0.4, -0.2) is 25.0 Å². The second-order valence-corrected chi connectivity index (χ2v) is 8.11. The molecule has 0 radical (unpaired) electrons. The van der Waals surface area contributed by atoms with Crippen LogP contribution in [0.25, 0.3) is 10.9 Å². The number of hydrogen-bond donors (Lipinski definition) is 1. The number of hydrogen-bond acceptors (Lipinski definition) is 4. The number of ether oxygens (including phenoxy) is 3. The number of aromatic amines is 1. The zero-order valence-corrected chi connectivity index (χ0v) is 17.8. The van der Waals surface area contributed by atoms with Crippen molar-refractivity contribution in [2.24, 2.45) is 0 Å². The van der Waals surface area contributed by atoms with Gasteiger partial charge in [-0.15, -0.1) is 0 Å². The van der Waals surface area contributed by atoms with Gasteiger partial charge < -0.3 is 19.2 Å². The van der Waals surface area contributed by atoms with Gasteiger partial charge >= 0.3 is 0 Å². The number of pyridine rings is 1. The third kappa shape index (κ3) is 4.27. The Morgan fingerprint density at radius 2 is 1.90 bits per heavy atom. The highest BCUT2D eigenvalue weighted by molar-refractivity contribution is 5.79. The van der Waals surface area contributed by atoms with Crippen LogP contribution in [-0.2, 0) is 9.47 Å². The maximum absolute atomic E-state index is 11.5. The molecule has 2 unspecified atom stereocenters. The van der Waals surface area contributed by atoms with Crippen LogP contribution < -0.4 is 10.3 Å². The van der Waals surface area contributed by atoms with Gasteiger partial charge in [-0.05, 0) is 72.5 Å². The topological polar surface area (TPSA) is 60.6 Å². The minimum Gasteiger partial charge on any atom is -0.486 e. The molecule has 4 rings (SSSR count). The molecule has 1 aromatic heterocycles. The molecule has 3 aromatic rings. The Balaban J connectivity index is 1.51. The fourth-order valence-corrected chi connectivity index (χ4v) is 4.48. The first-order valence-electron chi connectivity index (χ1n) is 10.5. The van der Waals surface area contributed by atoms with Crippen molar-refractivity contribution in [1.29, 1.82) is 0 Å². The average molecular weight is 408 g/mol. The lowest BCUT2D eigenvalue weighted by molar-refractivity contribution is -0.226. The number of nitrogens with one attached hydrogen (secondary N) is 1. The minimum absolute atomic E-state index is 0.0926. The lowest BCUT2D eigenvalue weighted by atomic mass is 9.80. The largest absolute Gasteiger partial charge is 0.486 e. The summed E-state index contributed by atoms with van der Waals surface area (Å²) in [5, 5.41) is 0.994. The molecule has 5 heteroatoms. The van der Waals surface area contributed by atoms with Crippen LogP contribution in [0.5, 0.6) is 5.75 Å². The van der Waals surface area contributed by atoms with Crippen molar-refractivity contribution in [3.05, 3.63) is 76.1 Å². The Labute approximate surface area is 177 Å². The molecule has 2 atom stereocenters. The Morgan fingerprint density at radius 3 is 2.70 bits per heavy atom. The molecule has 0 saturated heterocycles. The molecule has 1 heterocycles. The molecule has 0 amide bonds. The smallest absolute Gasteiger partial charge is 0.248 e. The highest BCUT2D eigenvalue weighted by Gasteiger charge is 2.37. The van der Waals surface area contributed by atoms with Gasteiger partial charge in [-0.2, -0.15) is 0 Å². The number of benzene rings is 2. The lowest BCUT2D eigenvalue weighted by Gasteiger charge is -2.38. The summed E-state index contributed by atoms with van der Waals surface area (Å²) in [6.07, 6.45) is 3.86. The molecule has 1 aliphatic carbocycles. The maximum atomic E-state index is 11.5. The monoisotopic (exact) mass is 407 g/mol. The molecule has 30 heavy (non-hydrogen) atoms. The normalized spacial score (nSPS) is 19.5. The highest BCUT2D eigenvalue weighted by Crippen LogP contribution is 2.41. The molecule has 0 spiro atoms. The van der Waals surface area contributed by atoms with Crippen molar-refractivity contribution in [2.75, 3.05) is 14.2 Å². The van der Waals surface area contributed by atoms with Gasteiger partial charge in [0.15, 0.2) is 5.79 Å². The molecule has 2 aromatic carbocycles. The van der Waals surface area contributed by atoms with E-state index in [1.54, 1.807) is 20.3 Å². The number of aromatic nitrogens is 1. The van der Waals surface area contributed by atoms with Gasteiger partial charge in [-0.1, -0.05) is 18.2 Å². The molecule has 1 N–H and O–H groups in total. The number of fused-ring (bicyclic) bond motifs is 1. The number of H-pyrrole nitrogens is 1. The van der Waals surface area contributed by atoms with Crippen LogP contribution in [0.3, 0.4) is 0 Å². The summed E-state index contributed by atoms with van der Waals surface area (Å²) in [7, 11) is 3.46. The van der Waals surface area contributed by atoms with Crippen molar-refractivity contribution >= 4 is 10.9 Å². The predicted molar refractivity (Wildman–Crippen MR) is 118 cm³/mol. The van der Waals surface area contributed by atoms with E-state index in [2.05, 4.69) is 29.2 Å². The Bertz CT molecular complexity index is 1070. The molecule has 0 bridgehead atoms. The van der Waals surface area contributed by atoms with E-state index in [0.29, 0.717) is 5.92 Å². The van der Waals surface area contributed by atoms with Crippen molar-refractivity contribution in [2.45, 2.75) is 50.4 Å². The summed E-state index contributed by atoms with van der Waals surface area (Å²) in [5.41, 5.74) is 3.06. The van der Waals surface area contributed by atoms with Gasteiger partial charge in [0, 0.05) is 38.6 Å². The van der Waals surface area contributed by atoms with Crippen LogP contribution in [0.4, 0.5) is 0 Å². The van der Waals surface area contributed by atoms with Crippen molar-refractivity contribution < 1.29 is 14.2 Å². The third-order valence-corrected chi connectivity index (χ3v) is 6.27.